The molecule has 0 radical (unpaired) electrons. The molecule has 0 saturated heterocycles. The molecule has 0 aromatic heterocycles. The summed E-state index contributed by atoms with van der Waals surface area (Å²) in [5.41, 5.74) is 1.95. The number of amides is 2. The van der Waals surface area contributed by atoms with Crippen LogP contribution in [-0.4, -0.2) is 43.0 Å². The molecular formula is C18H24N2O3. The quantitative estimate of drug-likeness (QED) is 0.860. The monoisotopic (exact) mass is 316 g/mol. The lowest BCUT2D eigenvalue weighted by Crippen LogP contribution is -2.44. The number of carbonyl (C=O) groups excluding carboxylic acids is 2. The minimum absolute atomic E-state index is 0.0366. The second-order valence-corrected chi connectivity index (χ2v) is 6.32. The molecule has 1 saturated carbocycles. The molecule has 0 unspecified atom stereocenters. The van der Waals surface area contributed by atoms with E-state index in [-0.39, 0.29) is 18.4 Å². The summed E-state index contributed by atoms with van der Waals surface area (Å²) in [5.74, 6) is 0.0590. The van der Waals surface area contributed by atoms with Gasteiger partial charge >= 0.3 is 0 Å². The molecule has 5 nitrogen and oxygen atoms in total. The minimum Gasteiger partial charge on any atom is -0.375 e. The lowest BCUT2D eigenvalue weighted by molar-refractivity contribution is -0.134. The van der Waals surface area contributed by atoms with Crippen molar-refractivity contribution in [1.29, 1.82) is 0 Å². The second kappa shape index (κ2) is 7.13. The molecule has 1 aromatic carbocycles. The van der Waals surface area contributed by atoms with Gasteiger partial charge in [-0.2, -0.15) is 0 Å². The second-order valence-electron chi connectivity index (χ2n) is 6.32. The lowest BCUT2D eigenvalue weighted by atomic mass is 10.1. The number of rotatable bonds is 3. The normalized spacial score (nSPS) is 19.4. The first kappa shape index (κ1) is 16.0. The molecule has 23 heavy (non-hydrogen) atoms. The maximum Gasteiger partial charge on any atom is 0.252 e. The van der Waals surface area contributed by atoms with E-state index in [1.165, 1.54) is 20.0 Å². The highest BCUT2D eigenvalue weighted by Gasteiger charge is 2.31. The van der Waals surface area contributed by atoms with Crippen molar-refractivity contribution in [2.45, 2.75) is 44.7 Å². The van der Waals surface area contributed by atoms with Crippen molar-refractivity contribution in [3.05, 3.63) is 29.8 Å². The van der Waals surface area contributed by atoms with Gasteiger partial charge in [0.15, 0.2) is 0 Å². The van der Waals surface area contributed by atoms with E-state index in [0.29, 0.717) is 25.6 Å². The van der Waals surface area contributed by atoms with Crippen LogP contribution in [-0.2, 0) is 20.9 Å². The number of hydrogen-bond donors (Lipinski definition) is 0. The third kappa shape index (κ3) is 3.39. The van der Waals surface area contributed by atoms with Gasteiger partial charge in [0.05, 0.1) is 0 Å². The van der Waals surface area contributed by atoms with Crippen molar-refractivity contribution in [3.63, 3.8) is 0 Å². The van der Waals surface area contributed by atoms with Gasteiger partial charge < -0.3 is 14.5 Å². The SMILES string of the molecule is COCC(=O)N1CCC(=O)N(C2CCCC2)Cc2ccccc21. The van der Waals surface area contributed by atoms with E-state index >= 15 is 0 Å². The molecule has 0 bridgehead atoms. The third-order valence-electron chi connectivity index (χ3n) is 4.83. The summed E-state index contributed by atoms with van der Waals surface area (Å²) in [6.07, 6.45) is 4.98. The molecule has 5 heteroatoms. The number of carbonyl (C=O) groups is 2. The molecule has 0 atom stereocenters. The van der Waals surface area contributed by atoms with Crippen LogP contribution in [0.15, 0.2) is 24.3 Å². The van der Waals surface area contributed by atoms with Crippen LogP contribution in [0.5, 0.6) is 0 Å². The molecule has 0 spiro atoms. The van der Waals surface area contributed by atoms with Gasteiger partial charge in [-0.15, -0.1) is 0 Å². The van der Waals surface area contributed by atoms with Crippen LogP contribution in [0.3, 0.4) is 0 Å². The maximum absolute atomic E-state index is 12.6. The summed E-state index contributed by atoms with van der Waals surface area (Å²) in [5, 5.41) is 0. The van der Waals surface area contributed by atoms with Crippen LogP contribution in [0.2, 0.25) is 0 Å². The smallest absolute Gasteiger partial charge is 0.252 e. The van der Waals surface area contributed by atoms with Crippen LogP contribution < -0.4 is 4.90 Å². The number of fused-ring (bicyclic) bond motifs is 1. The summed E-state index contributed by atoms with van der Waals surface area (Å²) >= 11 is 0. The van der Waals surface area contributed by atoms with Gasteiger partial charge in [-0.1, -0.05) is 31.0 Å². The van der Waals surface area contributed by atoms with Crippen molar-refractivity contribution in [2.24, 2.45) is 0 Å². The van der Waals surface area contributed by atoms with Gasteiger partial charge in [0, 0.05) is 38.3 Å². The Labute approximate surface area is 137 Å². The zero-order valence-corrected chi connectivity index (χ0v) is 13.7. The topological polar surface area (TPSA) is 49.9 Å². The highest BCUT2D eigenvalue weighted by atomic mass is 16.5. The van der Waals surface area contributed by atoms with Crippen molar-refractivity contribution in [3.8, 4) is 0 Å². The van der Waals surface area contributed by atoms with Gasteiger partial charge in [0.1, 0.15) is 6.61 Å². The van der Waals surface area contributed by atoms with Crippen molar-refractivity contribution in [2.75, 3.05) is 25.2 Å². The van der Waals surface area contributed by atoms with Gasteiger partial charge in [-0.25, -0.2) is 0 Å². The van der Waals surface area contributed by atoms with Gasteiger partial charge in [0.2, 0.25) is 5.91 Å². The van der Waals surface area contributed by atoms with E-state index in [4.69, 9.17) is 4.74 Å². The number of para-hydroxylation sites is 1. The molecule has 0 N–H and O–H groups in total. The van der Waals surface area contributed by atoms with E-state index in [1.54, 1.807) is 4.90 Å². The van der Waals surface area contributed by atoms with Gasteiger partial charge in [0.25, 0.3) is 5.91 Å². The van der Waals surface area contributed by atoms with Gasteiger partial charge in [-0.3, -0.25) is 9.59 Å². The highest BCUT2D eigenvalue weighted by molar-refractivity contribution is 5.96. The molecule has 124 valence electrons. The summed E-state index contributed by atoms with van der Waals surface area (Å²) < 4.78 is 4.99. The largest absolute Gasteiger partial charge is 0.375 e. The lowest BCUT2D eigenvalue weighted by Gasteiger charge is -2.35. The zero-order valence-electron chi connectivity index (χ0n) is 13.7. The Hall–Kier alpha value is -1.88. The zero-order chi connectivity index (χ0) is 16.2. The predicted octanol–water partition coefficient (Wildman–Crippen LogP) is 2.34. The maximum atomic E-state index is 12.6. The predicted molar refractivity (Wildman–Crippen MR) is 88.1 cm³/mol. The first-order valence-electron chi connectivity index (χ1n) is 8.37. The fourth-order valence-corrected chi connectivity index (χ4v) is 3.66. The Bertz CT molecular complexity index is 581. The molecule has 3 rings (SSSR count). The number of nitrogens with zero attached hydrogens (tertiary/aromatic N) is 2. The Morgan fingerprint density at radius 1 is 1.26 bits per heavy atom. The Morgan fingerprint density at radius 3 is 2.74 bits per heavy atom. The summed E-state index contributed by atoms with van der Waals surface area (Å²) in [6.45, 7) is 1.05. The van der Waals surface area contributed by atoms with Crippen molar-refractivity contribution < 1.29 is 14.3 Å². The van der Waals surface area contributed by atoms with E-state index in [0.717, 1.165) is 24.1 Å². The number of benzene rings is 1. The van der Waals surface area contributed by atoms with Crippen molar-refractivity contribution >= 4 is 17.5 Å². The van der Waals surface area contributed by atoms with Crippen LogP contribution in [0.25, 0.3) is 0 Å². The van der Waals surface area contributed by atoms with E-state index in [2.05, 4.69) is 0 Å². The van der Waals surface area contributed by atoms with E-state index in [9.17, 15) is 9.59 Å². The Morgan fingerprint density at radius 2 is 2.00 bits per heavy atom. The summed E-state index contributed by atoms with van der Waals surface area (Å²) in [4.78, 5) is 28.7. The average molecular weight is 316 g/mol. The molecule has 1 fully saturated rings. The minimum atomic E-state index is -0.0953. The molecule has 1 aliphatic heterocycles. The van der Waals surface area contributed by atoms with Crippen LogP contribution in [0, 0.1) is 0 Å². The summed E-state index contributed by atoms with van der Waals surface area (Å²) in [7, 11) is 1.51. The van der Waals surface area contributed by atoms with Crippen LogP contribution in [0.1, 0.15) is 37.7 Å². The Balaban J connectivity index is 1.91. The molecule has 1 heterocycles. The standard InChI is InChI=1S/C18H24N2O3/c1-23-13-18(22)19-11-10-17(21)20(15-7-3-4-8-15)12-14-6-2-5-9-16(14)19/h2,5-6,9,15H,3-4,7-8,10-13H2,1H3. The number of anilines is 1. The molecule has 2 amide bonds. The number of ether oxygens (including phenoxy) is 1. The number of methoxy groups -OCH3 is 1. The molecule has 1 aliphatic carbocycles. The molecule has 1 aromatic rings. The molecular weight excluding hydrogens is 292 g/mol. The van der Waals surface area contributed by atoms with Crippen LogP contribution in [0.4, 0.5) is 5.69 Å². The van der Waals surface area contributed by atoms with Gasteiger partial charge in [-0.05, 0) is 24.5 Å². The Kier molecular flexibility index (Phi) is 4.96. The summed E-state index contributed by atoms with van der Waals surface area (Å²) in [6, 6.07) is 8.25. The third-order valence-corrected chi connectivity index (χ3v) is 4.83. The first-order chi connectivity index (χ1) is 11.2. The fourth-order valence-electron chi connectivity index (χ4n) is 3.66. The number of hydrogen-bond acceptors (Lipinski definition) is 3. The van der Waals surface area contributed by atoms with E-state index in [1.807, 2.05) is 29.2 Å². The highest BCUT2D eigenvalue weighted by Crippen LogP contribution is 2.30. The first-order valence-corrected chi connectivity index (χ1v) is 8.37. The van der Waals surface area contributed by atoms with Crippen LogP contribution >= 0.6 is 0 Å². The van der Waals surface area contributed by atoms with E-state index < -0.39 is 0 Å². The average Bonchev–Trinajstić information content (AvgIpc) is 3.06. The molecule has 2 aliphatic rings. The fraction of sp³-hybridized carbons (Fsp3) is 0.556. The van der Waals surface area contributed by atoms with Crippen molar-refractivity contribution in [1.82, 2.24) is 4.90 Å².